The number of carbonyl (C=O) groups is 1. The quantitative estimate of drug-likeness (QED) is 0.483. The summed E-state index contributed by atoms with van der Waals surface area (Å²) < 4.78 is 1.55. The van der Waals surface area contributed by atoms with Gasteiger partial charge in [-0.3, -0.25) is 4.79 Å². The number of nitrogens with one attached hydrogen (secondary N) is 1. The summed E-state index contributed by atoms with van der Waals surface area (Å²) >= 11 is 0. The summed E-state index contributed by atoms with van der Waals surface area (Å²) in [7, 11) is 0. The van der Waals surface area contributed by atoms with Gasteiger partial charge >= 0.3 is 0 Å². The number of benzene rings is 1. The summed E-state index contributed by atoms with van der Waals surface area (Å²) in [6, 6.07) is 7.33. The molecule has 1 N–H and O–H groups in total. The van der Waals surface area contributed by atoms with Crippen LogP contribution >= 0.6 is 0 Å². The third-order valence-electron chi connectivity index (χ3n) is 3.38. The first-order valence-corrected chi connectivity index (χ1v) is 9.28. The fourth-order valence-corrected chi connectivity index (χ4v) is 2.28. The zero-order valence-corrected chi connectivity index (χ0v) is 20.1. The average Bonchev–Trinajstić information content (AvgIpc) is 3.42. The molecule has 0 aliphatic rings. The van der Waals surface area contributed by atoms with Crippen molar-refractivity contribution in [3.05, 3.63) is 60.6 Å². The minimum atomic E-state index is -0.250. The summed E-state index contributed by atoms with van der Waals surface area (Å²) in [5.41, 5.74) is 3.27. The molecule has 3 rings (SSSR count). The predicted molar refractivity (Wildman–Crippen MR) is 115 cm³/mol. The Morgan fingerprint density at radius 1 is 1.21 bits per heavy atom. The molecule has 0 unspecified atom stereocenters. The molecule has 2 heterocycles. The van der Waals surface area contributed by atoms with Gasteiger partial charge in [-0.15, -0.1) is 0 Å². The summed E-state index contributed by atoms with van der Waals surface area (Å²) in [4.78, 5) is 12.6. The van der Waals surface area contributed by atoms with Crippen molar-refractivity contribution >= 4 is 23.9 Å². The van der Waals surface area contributed by atoms with Gasteiger partial charge in [0.1, 0.15) is 0 Å². The van der Waals surface area contributed by atoms with Gasteiger partial charge in [-0.25, -0.2) is 4.68 Å². The molecule has 0 aliphatic heterocycles. The van der Waals surface area contributed by atoms with Crippen LogP contribution in [-0.2, 0) is 20.4 Å². The monoisotopic (exact) mass is 566 g/mol. The Morgan fingerprint density at radius 2 is 1.93 bits per heavy atom. The molecule has 1 aromatic carbocycles. The second-order valence-electron chi connectivity index (χ2n) is 4.92. The van der Waals surface area contributed by atoms with Crippen molar-refractivity contribution in [2.75, 3.05) is 5.32 Å². The van der Waals surface area contributed by atoms with E-state index in [4.69, 9.17) is 0 Å². The van der Waals surface area contributed by atoms with Gasteiger partial charge in [-0.05, 0) is 25.1 Å². The van der Waals surface area contributed by atoms with E-state index in [0.29, 0.717) is 22.6 Å². The topological polar surface area (TPSA) is 86.8 Å². The molecule has 0 atom stereocenters. The SMILES string of the molecule is C=Cn1ncc(C(=O)Nc2cccc(-c3cn[n-]n3)c2)c1/C=C\C.CC.CC.[Re]. The van der Waals surface area contributed by atoms with Crippen molar-refractivity contribution in [3.63, 3.8) is 0 Å². The number of anilines is 1. The van der Waals surface area contributed by atoms with Crippen molar-refractivity contribution in [1.29, 1.82) is 0 Å². The largest absolute Gasteiger partial charge is 0.493 e. The van der Waals surface area contributed by atoms with Crippen LogP contribution in [-0.4, -0.2) is 25.9 Å². The van der Waals surface area contributed by atoms with Gasteiger partial charge < -0.3 is 20.7 Å². The number of rotatable bonds is 5. The van der Waals surface area contributed by atoms with Crippen LogP contribution in [0.2, 0.25) is 0 Å². The minimum Gasteiger partial charge on any atom is -0.493 e. The molecule has 0 spiro atoms. The van der Waals surface area contributed by atoms with Gasteiger partial charge in [-0.1, -0.05) is 52.5 Å². The zero-order valence-electron chi connectivity index (χ0n) is 17.4. The smallest absolute Gasteiger partial charge is 0.259 e. The first kappa shape index (κ1) is 26.2. The maximum absolute atomic E-state index is 12.6. The number of carbonyl (C=O) groups excluding carboxylic acids is 1. The van der Waals surface area contributed by atoms with Crippen LogP contribution in [0.3, 0.4) is 0 Å². The summed E-state index contributed by atoms with van der Waals surface area (Å²) in [5, 5.41) is 18.2. The Balaban J connectivity index is 0.00000148. The Kier molecular flexibility index (Phi) is 12.8. The van der Waals surface area contributed by atoms with Crippen LogP contribution in [0, 0.1) is 0 Å². The summed E-state index contributed by atoms with van der Waals surface area (Å²) in [5.74, 6) is -0.250. The first-order valence-electron chi connectivity index (χ1n) is 9.28. The number of amides is 1. The van der Waals surface area contributed by atoms with E-state index >= 15 is 0 Å². The van der Waals surface area contributed by atoms with E-state index in [0.717, 1.165) is 5.56 Å². The molecule has 155 valence electrons. The van der Waals surface area contributed by atoms with Crippen LogP contribution in [0.1, 0.15) is 50.7 Å². The molecule has 8 heteroatoms. The van der Waals surface area contributed by atoms with Gasteiger partial charge in [0.2, 0.25) is 0 Å². The van der Waals surface area contributed by atoms with Crippen molar-refractivity contribution in [3.8, 4) is 11.3 Å². The molecule has 1 radical (unpaired) electrons. The second-order valence-corrected chi connectivity index (χ2v) is 4.92. The molecule has 0 aliphatic carbocycles. The van der Waals surface area contributed by atoms with Gasteiger partial charge in [0.25, 0.3) is 5.91 Å². The number of aromatic nitrogens is 5. The first-order chi connectivity index (χ1) is 13.7. The van der Waals surface area contributed by atoms with E-state index in [2.05, 4.69) is 32.4 Å². The van der Waals surface area contributed by atoms with Crippen molar-refractivity contribution in [1.82, 2.24) is 25.2 Å². The molecular formula is C21H27N6ORe-. The molecular weight excluding hydrogens is 538 g/mol. The molecule has 1 amide bonds. The molecule has 0 bridgehead atoms. The Bertz CT molecular complexity index is 900. The zero-order chi connectivity index (χ0) is 20.9. The van der Waals surface area contributed by atoms with Crippen molar-refractivity contribution < 1.29 is 25.2 Å². The summed E-state index contributed by atoms with van der Waals surface area (Å²) in [6.07, 6.45) is 8.29. The van der Waals surface area contributed by atoms with Gasteiger partial charge in [0.15, 0.2) is 0 Å². The van der Waals surface area contributed by atoms with E-state index in [-0.39, 0.29) is 26.3 Å². The van der Waals surface area contributed by atoms with Crippen molar-refractivity contribution in [2.24, 2.45) is 0 Å². The minimum absolute atomic E-state index is 0. The third kappa shape index (κ3) is 6.93. The standard InChI is InChI=1S/C17H16N6O.2C2H6.Re/c1-3-6-16-14(10-19-23(16)4-2)17(24)20-13-8-5-7-12(9-13)15-11-18-22-21-15;2*1-2;/h3-11H,2H2,1H3,(H2,18,20,21,22,24);2*1-2H3;/p-1/b6-3-;;;. The fourth-order valence-electron chi connectivity index (χ4n) is 2.28. The molecule has 3 aromatic rings. The van der Waals surface area contributed by atoms with E-state index in [1.54, 1.807) is 23.1 Å². The maximum atomic E-state index is 12.6. The Morgan fingerprint density at radius 3 is 2.52 bits per heavy atom. The van der Waals surface area contributed by atoms with Crippen LogP contribution in [0.25, 0.3) is 23.5 Å². The predicted octanol–water partition coefficient (Wildman–Crippen LogP) is 4.73. The van der Waals surface area contributed by atoms with Crippen LogP contribution in [0.5, 0.6) is 0 Å². The summed E-state index contributed by atoms with van der Waals surface area (Å²) in [6.45, 7) is 13.6. The Labute approximate surface area is 186 Å². The molecule has 2 aromatic heterocycles. The van der Waals surface area contributed by atoms with Crippen molar-refractivity contribution in [2.45, 2.75) is 34.6 Å². The average molecular weight is 566 g/mol. The van der Waals surface area contributed by atoms with Gasteiger partial charge in [0, 0.05) is 44.1 Å². The van der Waals surface area contributed by atoms with Gasteiger partial charge in [0.05, 0.1) is 23.1 Å². The number of allylic oxidation sites excluding steroid dienone is 1. The van der Waals surface area contributed by atoms with Crippen LogP contribution < -0.4 is 10.5 Å². The van der Waals surface area contributed by atoms with Crippen LogP contribution in [0.15, 0.2) is 49.3 Å². The van der Waals surface area contributed by atoms with Gasteiger partial charge in [-0.2, -0.15) is 5.10 Å². The molecule has 7 nitrogen and oxygen atoms in total. The normalized spacial score (nSPS) is 9.41. The molecule has 29 heavy (non-hydrogen) atoms. The molecule has 0 saturated carbocycles. The number of nitrogens with zero attached hydrogens (tertiary/aromatic N) is 5. The van der Waals surface area contributed by atoms with E-state index < -0.39 is 0 Å². The molecule has 0 fully saturated rings. The van der Waals surface area contributed by atoms with E-state index in [1.165, 1.54) is 6.20 Å². The van der Waals surface area contributed by atoms with Crippen LogP contribution in [0.4, 0.5) is 5.69 Å². The fraction of sp³-hybridized carbons (Fsp3) is 0.238. The molecule has 0 saturated heterocycles. The second kappa shape index (κ2) is 14.2. The maximum Gasteiger partial charge on any atom is 0.259 e. The van der Waals surface area contributed by atoms with E-state index in [1.807, 2.05) is 65.0 Å². The Hall–Kier alpha value is -2.82. The van der Waals surface area contributed by atoms with E-state index in [9.17, 15) is 4.79 Å². The number of hydrogen-bond donors (Lipinski definition) is 1. The third-order valence-corrected chi connectivity index (χ3v) is 3.38. The number of hydrogen-bond acceptors (Lipinski definition) is 4.